The Kier molecular flexibility index (Phi) is 18.5. The van der Waals surface area contributed by atoms with E-state index in [9.17, 15) is 19.4 Å². The molecule has 0 rings (SSSR count). The van der Waals surface area contributed by atoms with E-state index in [-0.39, 0.29) is 19.1 Å². The minimum Gasteiger partial charge on any atom is -0.756 e. The number of quaternary nitrogens is 1. The third-order valence-corrected chi connectivity index (χ3v) is 6.56. The lowest BCUT2D eigenvalue weighted by Gasteiger charge is -2.30. The molecule has 0 fully saturated rings. The number of hydrogen-bond donors (Lipinski definition) is 2. The summed E-state index contributed by atoms with van der Waals surface area (Å²) in [6.07, 6.45) is 11.9. The molecule has 3 unspecified atom stereocenters. The second kappa shape index (κ2) is 18.8. The first kappa shape index (κ1) is 32.5. The Bertz CT molecular complexity index is 542. The molecule has 0 aromatic carbocycles. The number of nitrogens with one attached hydrogen (secondary N) is 1. The molecular weight excluding hydrogens is 443 g/mol. The molecule has 0 heterocycles. The summed E-state index contributed by atoms with van der Waals surface area (Å²) in [5.74, 6) is -0.184. The van der Waals surface area contributed by atoms with E-state index in [1.807, 2.05) is 21.1 Å². The van der Waals surface area contributed by atoms with Crippen molar-refractivity contribution in [3.8, 4) is 0 Å². The van der Waals surface area contributed by atoms with Gasteiger partial charge < -0.3 is 28.8 Å². The van der Waals surface area contributed by atoms with Gasteiger partial charge in [-0.3, -0.25) is 9.36 Å². The highest BCUT2D eigenvalue weighted by molar-refractivity contribution is 7.45. The maximum atomic E-state index is 12.4. The standard InChI is InChI=1S/C24H51N2O6P/c1-6-8-10-11-12-13-14-16-18-24(28)25-22(23(27)17-15-9-7-2)21-32-33(29,30)31-20-19-26(3,4)5/h22-23,27H,6-21H2,1-5H3,(H-,25,28,29,30). The van der Waals surface area contributed by atoms with E-state index in [0.29, 0.717) is 23.9 Å². The number of aliphatic hydroxyl groups is 1. The number of nitrogens with zero attached hydrogens (tertiary/aromatic N) is 1. The lowest BCUT2D eigenvalue weighted by molar-refractivity contribution is -0.870. The topological polar surface area (TPSA) is 108 Å². The number of aliphatic hydroxyl groups excluding tert-OH is 1. The summed E-state index contributed by atoms with van der Waals surface area (Å²) in [6, 6.07) is -0.785. The molecule has 198 valence electrons. The normalized spacial score (nSPS) is 15.7. The van der Waals surface area contributed by atoms with Crippen LogP contribution in [0, 0.1) is 0 Å². The maximum absolute atomic E-state index is 12.4. The molecular formula is C24H51N2O6P. The molecule has 9 heteroatoms. The van der Waals surface area contributed by atoms with Crippen molar-refractivity contribution in [1.29, 1.82) is 0 Å². The summed E-state index contributed by atoms with van der Waals surface area (Å²) in [5.41, 5.74) is 0. The van der Waals surface area contributed by atoms with Gasteiger partial charge in [0.1, 0.15) is 13.2 Å². The predicted molar refractivity (Wildman–Crippen MR) is 132 cm³/mol. The van der Waals surface area contributed by atoms with Crippen molar-refractivity contribution in [1.82, 2.24) is 5.32 Å². The zero-order valence-corrected chi connectivity index (χ0v) is 22.7. The zero-order chi connectivity index (χ0) is 25.2. The Hall–Kier alpha value is -0.500. The van der Waals surface area contributed by atoms with Gasteiger partial charge >= 0.3 is 0 Å². The Labute approximate surface area is 202 Å². The summed E-state index contributed by atoms with van der Waals surface area (Å²) < 4.78 is 22.6. The Balaban J connectivity index is 4.52. The van der Waals surface area contributed by atoms with Crippen molar-refractivity contribution in [3.05, 3.63) is 0 Å². The molecule has 0 aliphatic rings. The first-order valence-corrected chi connectivity index (χ1v) is 14.3. The molecule has 0 aliphatic carbocycles. The van der Waals surface area contributed by atoms with Crippen LogP contribution in [0.3, 0.4) is 0 Å². The fourth-order valence-electron chi connectivity index (χ4n) is 3.39. The third kappa shape index (κ3) is 20.6. The smallest absolute Gasteiger partial charge is 0.268 e. The first-order chi connectivity index (χ1) is 15.5. The van der Waals surface area contributed by atoms with Crippen LogP contribution in [0.4, 0.5) is 0 Å². The predicted octanol–water partition coefficient (Wildman–Crippen LogP) is 4.15. The quantitative estimate of drug-likeness (QED) is 0.133. The van der Waals surface area contributed by atoms with E-state index in [2.05, 4.69) is 19.2 Å². The monoisotopic (exact) mass is 494 g/mol. The highest BCUT2D eigenvalue weighted by atomic mass is 31.2. The van der Waals surface area contributed by atoms with Gasteiger partial charge in [0.15, 0.2) is 0 Å². The Morgan fingerprint density at radius 2 is 1.48 bits per heavy atom. The fourth-order valence-corrected chi connectivity index (χ4v) is 4.11. The van der Waals surface area contributed by atoms with E-state index in [1.54, 1.807) is 0 Å². The van der Waals surface area contributed by atoms with Crippen LogP contribution in [-0.4, -0.2) is 68.5 Å². The summed E-state index contributed by atoms with van der Waals surface area (Å²) in [5, 5.41) is 13.3. The van der Waals surface area contributed by atoms with Gasteiger partial charge in [-0.2, -0.15) is 0 Å². The van der Waals surface area contributed by atoms with Crippen LogP contribution in [0.2, 0.25) is 0 Å². The molecule has 3 atom stereocenters. The van der Waals surface area contributed by atoms with Crippen LogP contribution in [0.15, 0.2) is 0 Å². The molecule has 33 heavy (non-hydrogen) atoms. The second-order valence-electron chi connectivity index (χ2n) is 10.1. The third-order valence-electron chi connectivity index (χ3n) is 5.60. The van der Waals surface area contributed by atoms with Crippen molar-refractivity contribution >= 4 is 13.7 Å². The summed E-state index contributed by atoms with van der Waals surface area (Å²) >= 11 is 0. The number of carbonyl (C=O) groups excluding carboxylic acids is 1. The first-order valence-electron chi connectivity index (χ1n) is 12.9. The van der Waals surface area contributed by atoms with Gasteiger partial charge in [0, 0.05) is 6.42 Å². The van der Waals surface area contributed by atoms with Crippen molar-refractivity contribution in [2.24, 2.45) is 0 Å². The van der Waals surface area contributed by atoms with E-state index >= 15 is 0 Å². The van der Waals surface area contributed by atoms with Crippen molar-refractivity contribution in [2.45, 2.75) is 109 Å². The highest BCUT2D eigenvalue weighted by Crippen LogP contribution is 2.38. The average molecular weight is 495 g/mol. The van der Waals surface area contributed by atoms with E-state index in [0.717, 1.165) is 38.5 Å². The molecule has 0 aliphatic heterocycles. The molecule has 2 N–H and O–H groups in total. The van der Waals surface area contributed by atoms with E-state index in [1.165, 1.54) is 32.1 Å². The van der Waals surface area contributed by atoms with E-state index in [4.69, 9.17) is 9.05 Å². The van der Waals surface area contributed by atoms with Gasteiger partial charge in [-0.05, 0) is 12.8 Å². The van der Waals surface area contributed by atoms with Crippen molar-refractivity contribution in [3.63, 3.8) is 0 Å². The van der Waals surface area contributed by atoms with Crippen LogP contribution in [0.5, 0.6) is 0 Å². The lowest BCUT2D eigenvalue weighted by atomic mass is 10.0. The van der Waals surface area contributed by atoms with Crippen LogP contribution in [0.25, 0.3) is 0 Å². The summed E-state index contributed by atoms with van der Waals surface area (Å²) in [6.45, 7) is 4.46. The molecule has 0 bridgehead atoms. The molecule has 0 aromatic rings. The number of likely N-dealkylation sites (N-methyl/N-ethyl adjacent to an activating group) is 1. The maximum Gasteiger partial charge on any atom is 0.268 e. The molecule has 0 spiro atoms. The van der Waals surface area contributed by atoms with E-state index < -0.39 is 20.0 Å². The number of phosphoric ester groups is 1. The van der Waals surface area contributed by atoms with Gasteiger partial charge in [-0.15, -0.1) is 0 Å². The van der Waals surface area contributed by atoms with Gasteiger partial charge in [-0.25, -0.2) is 0 Å². The minimum absolute atomic E-state index is 0.0127. The minimum atomic E-state index is -4.51. The van der Waals surface area contributed by atoms with Crippen LogP contribution in [0.1, 0.15) is 97.3 Å². The highest BCUT2D eigenvalue weighted by Gasteiger charge is 2.24. The number of unbranched alkanes of at least 4 members (excludes halogenated alkanes) is 9. The molecule has 0 aromatic heterocycles. The largest absolute Gasteiger partial charge is 0.756 e. The molecule has 0 saturated heterocycles. The van der Waals surface area contributed by atoms with Gasteiger partial charge in [0.25, 0.3) is 7.82 Å². The van der Waals surface area contributed by atoms with Crippen LogP contribution >= 0.6 is 7.82 Å². The molecule has 1 amide bonds. The van der Waals surface area contributed by atoms with Crippen molar-refractivity contribution in [2.75, 3.05) is 40.9 Å². The lowest BCUT2D eigenvalue weighted by Crippen LogP contribution is -2.46. The Morgan fingerprint density at radius 3 is 2.06 bits per heavy atom. The fraction of sp³-hybridized carbons (Fsp3) is 0.958. The summed E-state index contributed by atoms with van der Waals surface area (Å²) in [7, 11) is 1.29. The Morgan fingerprint density at radius 1 is 0.939 bits per heavy atom. The van der Waals surface area contributed by atoms with Crippen molar-refractivity contribution < 1.29 is 32.9 Å². The number of phosphoric acid groups is 1. The molecule has 0 saturated carbocycles. The number of amides is 1. The number of rotatable bonds is 22. The van der Waals surface area contributed by atoms with Crippen LogP contribution < -0.4 is 10.2 Å². The van der Waals surface area contributed by atoms with Gasteiger partial charge in [-0.1, -0.05) is 78.1 Å². The molecule has 0 radical (unpaired) electrons. The summed E-state index contributed by atoms with van der Waals surface area (Å²) in [4.78, 5) is 24.5. The zero-order valence-electron chi connectivity index (χ0n) is 21.9. The number of hydrogen-bond acceptors (Lipinski definition) is 6. The number of carbonyl (C=O) groups is 1. The SMILES string of the molecule is CCCCCCCCCCC(=O)NC(COP(=O)([O-])OCC[N+](C)(C)C)C(O)CCCCC. The van der Waals surface area contributed by atoms with Crippen LogP contribution in [-0.2, 0) is 18.4 Å². The van der Waals surface area contributed by atoms with Gasteiger partial charge in [0.2, 0.25) is 5.91 Å². The average Bonchev–Trinajstić information content (AvgIpc) is 2.72. The molecule has 8 nitrogen and oxygen atoms in total. The second-order valence-corrected chi connectivity index (χ2v) is 11.5. The van der Waals surface area contributed by atoms with Gasteiger partial charge in [0.05, 0.1) is 39.9 Å².